The second kappa shape index (κ2) is 5.48. The molecule has 0 aliphatic heterocycles. The van der Waals surface area contributed by atoms with Gasteiger partial charge in [-0.2, -0.15) is 0 Å². The fourth-order valence-electron chi connectivity index (χ4n) is 2.58. The summed E-state index contributed by atoms with van der Waals surface area (Å²) in [5, 5.41) is 2.73. The van der Waals surface area contributed by atoms with E-state index in [1.165, 1.54) is 25.1 Å². The van der Waals surface area contributed by atoms with E-state index in [4.69, 9.17) is 0 Å². The molecule has 0 spiro atoms. The van der Waals surface area contributed by atoms with Crippen LogP contribution in [0.2, 0.25) is 0 Å². The van der Waals surface area contributed by atoms with Crippen molar-refractivity contribution in [1.82, 2.24) is 0 Å². The van der Waals surface area contributed by atoms with Gasteiger partial charge in [-0.05, 0) is 43.3 Å². The lowest BCUT2D eigenvalue weighted by molar-refractivity contribution is 1.76. The summed E-state index contributed by atoms with van der Waals surface area (Å²) in [5.41, 5.74) is 0. The zero-order valence-electron chi connectivity index (χ0n) is 11.5. The van der Waals surface area contributed by atoms with E-state index < -0.39 is 0 Å². The van der Waals surface area contributed by atoms with Crippen LogP contribution < -0.4 is 0 Å². The molecule has 0 fully saturated rings. The SMILES string of the molecule is C=C/C=C(\C=C/C)[s+]1c2ccccc2c2ccccc21. The monoisotopic (exact) mass is 277 g/mol. The average Bonchev–Trinajstić information content (AvgIpc) is 2.82. The van der Waals surface area contributed by atoms with Crippen LogP contribution in [0.3, 0.4) is 0 Å². The summed E-state index contributed by atoms with van der Waals surface area (Å²) in [6.07, 6.45) is 8.31. The lowest BCUT2D eigenvalue weighted by atomic mass is 10.2. The van der Waals surface area contributed by atoms with Crippen molar-refractivity contribution in [3.63, 3.8) is 0 Å². The third kappa shape index (κ3) is 2.00. The highest BCUT2D eigenvalue weighted by molar-refractivity contribution is 7.54. The molecule has 0 aliphatic rings. The zero-order chi connectivity index (χ0) is 13.9. The molecule has 3 rings (SSSR count). The van der Waals surface area contributed by atoms with Gasteiger partial charge < -0.3 is 0 Å². The molecule has 0 aliphatic carbocycles. The Morgan fingerprint density at radius 3 is 2.00 bits per heavy atom. The summed E-state index contributed by atoms with van der Waals surface area (Å²) < 4.78 is 2.83. The number of thiophene rings is 1. The molecule has 1 heteroatoms. The first-order valence-corrected chi connectivity index (χ1v) is 7.97. The first-order chi connectivity index (χ1) is 9.86. The molecule has 3 aromatic rings. The number of rotatable bonds is 3. The maximum Gasteiger partial charge on any atom is 0.187 e. The Balaban J connectivity index is 2.48. The van der Waals surface area contributed by atoms with Gasteiger partial charge in [0.15, 0.2) is 14.3 Å². The smallest absolute Gasteiger partial charge is 0.0989 e. The topological polar surface area (TPSA) is 0 Å². The Labute approximate surface area is 122 Å². The van der Waals surface area contributed by atoms with Crippen LogP contribution in [0.25, 0.3) is 25.1 Å². The molecule has 0 saturated carbocycles. The van der Waals surface area contributed by atoms with E-state index in [2.05, 4.69) is 80.3 Å². The van der Waals surface area contributed by atoms with Crippen LogP contribution in [-0.4, -0.2) is 0 Å². The van der Waals surface area contributed by atoms with Crippen molar-refractivity contribution in [2.24, 2.45) is 0 Å². The third-order valence-corrected chi connectivity index (χ3v) is 5.69. The number of hydrogen-bond acceptors (Lipinski definition) is 0. The molecule has 0 unspecified atom stereocenters. The van der Waals surface area contributed by atoms with Crippen LogP contribution in [0, 0.1) is 0 Å². The van der Waals surface area contributed by atoms with Crippen molar-refractivity contribution in [3.05, 3.63) is 79.4 Å². The van der Waals surface area contributed by atoms with E-state index in [-0.39, 0.29) is 10.5 Å². The van der Waals surface area contributed by atoms with E-state index in [0.717, 1.165) is 0 Å². The molecule has 2 aromatic carbocycles. The summed E-state index contributed by atoms with van der Waals surface area (Å²) in [5.74, 6) is 0. The molecule has 0 nitrogen and oxygen atoms in total. The predicted octanol–water partition coefficient (Wildman–Crippen LogP) is 6.35. The molecule has 1 aromatic heterocycles. The van der Waals surface area contributed by atoms with Crippen LogP contribution >= 0.6 is 10.5 Å². The Kier molecular flexibility index (Phi) is 3.53. The first-order valence-electron chi connectivity index (χ1n) is 6.75. The van der Waals surface area contributed by atoms with Crippen molar-refractivity contribution >= 4 is 35.5 Å². The molecule has 20 heavy (non-hydrogen) atoms. The molecule has 1 heterocycles. The normalized spacial score (nSPS) is 12.6. The van der Waals surface area contributed by atoms with Crippen molar-refractivity contribution < 1.29 is 0 Å². The van der Waals surface area contributed by atoms with Gasteiger partial charge in [0, 0.05) is 21.2 Å². The summed E-state index contributed by atoms with van der Waals surface area (Å²) in [6.45, 7) is 5.92. The average molecular weight is 277 g/mol. The second-order valence-corrected chi connectivity index (χ2v) is 6.57. The molecular formula is C19H17S+. The second-order valence-electron chi connectivity index (χ2n) is 4.60. The van der Waals surface area contributed by atoms with Crippen LogP contribution in [-0.2, 0) is 0 Å². The van der Waals surface area contributed by atoms with E-state index in [1.54, 1.807) is 0 Å². The standard InChI is InChI=1S/C19H17S/c1-3-9-15(10-4-2)20-18-13-7-5-11-16(18)17-12-6-8-14-19(17)20/h3-14H,1H2,2H3/q+1/b10-4-,15-9+. The van der Waals surface area contributed by atoms with Crippen LogP contribution in [0.1, 0.15) is 6.92 Å². The van der Waals surface area contributed by atoms with Gasteiger partial charge in [0.1, 0.15) is 0 Å². The highest BCUT2D eigenvalue weighted by atomic mass is 32.2. The van der Waals surface area contributed by atoms with Crippen molar-refractivity contribution in [2.75, 3.05) is 0 Å². The Hall–Kier alpha value is -2.12. The van der Waals surface area contributed by atoms with E-state index >= 15 is 0 Å². The lowest BCUT2D eigenvalue weighted by Gasteiger charge is -1.92. The van der Waals surface area contributed by atoms with Gasteiger partial charge in [-0.1, -0.05) is 43.0 Å². The summed E-state index contributed by atoms with van der Waals surface area (Å²) in [7, 11) is -0.0117. The number of fused-ring (bicyclic) bond motifs is 3. The van der Waals surface area contributed by atoms with Gasteiger partial charge in [-0.15, -0.1) is 0 Å². The highest BCUT2D eigenvalue weighted by Crippen LogP contribution is 2.48. The van der Waals surface area contributed by atoms with Gasteiger partial charge >= 0.3 is 0 Å². The quantitative estimate of drug-likeness (QED) is 0.387. The van der Waals surface area contributed by atoms with Crippen LogP contribution in [0.5, 0.6) is 0 Å². The van der Waals surface area contributed by atoms with Crippen molar-refractivity contribution in [3.8, 4) is 0 Å². The van der Waals surface area contributed by atoms with Gasteiger partial charge in [0.05, 0.1) is 0 Å². The number of allylic oxidation sites excluding steroid dienone is 5. The van der Waals surface area contributed by atoms with E-state index in [9.17, 15) is 0 Å². The number of benzene rings is 2. The summed E-state index contributed by atoms with van der Waals surface area (Å²) >= 11 is 0. The van der Waals surface area contributed by atoms with E-state index in [1.807, 2.05) is 6.08 Å². The largest absolute Gasteiger partial charge is 0.187 e. The summed E-state index contributed by atoms with van der Waals surface area (Å²) in [4.78, 5) is 1.32. The van der Waals surface area contributed by atoms with Gasteiger partial charge in [0.2, 0.25) is 0 Å². The first kappa shape index (κ1) is 12.9. The lowest BCUT2D eigenvalue weighted by Crippen LogP contribution is -1.69. The van der Waals surface area contributed by atoms with E-state index in [0.29, 0.717) is 0 Å². The minimum Gasteiger partial charge on any atom is -0.0989 e. The maximum atomic E-state index is 3.86. The Morgan fingerprint density at radius 1 is 0.950 bits per heavy atom. The Bertz CT molecular complexity index is 778. The van der Waals surface area contributed by atoms with Crippen molar-refractivity contribution in [2.45, 2.75) is 6.92 Å². The number of hydrogen-bond donors (Lipinski definition) is 0. The molecule has 0 radical (unpaired) electrons. The zero-order valence-corrected chi connectivity index (χ0v) is 12.4. The molecule has 0 atom stereocenters. The fourth-order valence-corrected chi connectivity index (χ4v) is 5.05. The third-order valence-electron chi connectivity index (χ3n) is 3.35. The maximum absolute atomic E-state index is 3.86. The molecule has 0 saturated heterocycles. The Morgan fingerprint density at radius 2 is 1.50 bits per heavy atom. The molecule has 0 amide bonds. The molecule has 0 bridgehead atoms. The van der Waals surface area contributed by atoms with Crippen molar-refractivity contribution in [1.29, 1.82) is 0 Å². The van der Waals surface area contributed by atoms with Crippen LogP contribution in [0.15, 0.2) is 79.4 Å². The fraction of sp³-hybridized carbons (Fsp3) is 0.0526. The highest BCUT2D eigenvalue weighted by Gasteiger charge is 2.22. The summed E-state index contributed by atoms with van der Waals surface area (Å²) in [6, 6.07) is 17.4. The van der Waals surface area contributed by atoms with Gasteiger partial charge in [-0.25, -0.2) is 0 Å². The molecule has 98 valence electrons. The predicted molar refractivity (Wildman–Crippen MR) is 93.2 cm³/mol. The van der Waals surface area contributed by atoms with Gasteiger partial charge in [0.25, 0.3) is 0 Å². The van der Waals surface area contributed by atoms with Gasteiger partial charge in [-0.3, -0.25) is 0 Å². The minimum atomic E-state index is -0.0117. The minimum absolute atomic E-state index is 0.0117. The van der Waals surface area contributed by atoms with Crippen LogP contribution in [0.4, 0.5) is 0 Å². The molecular weight excluding hydrogens is 260 g/mol. The molecule has 0 N–H and O–H groups in total.